The van der Waals surface area contributed by atoms with E-state index in [0.717, 1.165) is 6.21 Å². The van der Waals surface area contributed by atoms with E-state index < -0.39 is 59.6 Å². The number of morpholine rings is 1. The molecule has 1 fully saturated rings. The van der Waals surface area contributed by atoms with Gasteiger partial charge in [-0.3, -0.25) is 38.5 Å². The maximum Gasteiger partial charge on any atom is 0.307 e. The SMILES string of the molecule is CC[C@@](C)(OC(=O)CCC(=O)NCC(C=N)=NN)C(=O)[C@H](CC(C)C)NC(=O)CNC(=O)[C@H](CC(C)C)NC(=O)CNC(=O)CN1CCOCC1. The van der Waals surface area contributed by atoms with E-state index in [9.17, 15) is 33.6 Å². The molecule has 0 unspecified atom stereocenters. The normalized spacial score (nSPS) is 15.9. The van der Waals surface area contributed by atoms with Crippen molar-refractivity contribution in [3.05, 3.63) is 0 Å². The maximum absolute atomic E-state index is 13.7. The van der Waals surface area contributed by atoms with E-state index in [4.69, 9.17) is 20.7 Å². The van der Waals surface area contributed by atoms with Crippen LogP contribution in [0.1, 0.15) is 73.6 Å². The molecule has 0 aromatic carbocycles. The van der Waals surface area contributed by atoms with Crippen LogP contribution in [-0.4, -0.2) is 128 Å². The lowest BCUT2D eigenvalue weighted by Crippen LogP contribution is -2.55. The topological polar surface area (TPSA) is 264 Å². The summed E-state index contributed by atoms with van der Waals surface area (Å²) in [5.41, 5.74) is -1.49. The second-order valence-corrected chi connectivity index (χ2v) is 13.3. The number of nitrogens with zero attached hydrogens (tertiary/aromatic N) is 2. The number of carbonyl (C=O) groups is 7. The molecule has 0 bridgehead atoms. The van der Waals surface area contributed by atoms with Crippen LogP contribution < -0.4 is 32.4 Å². The van der Waals surface area contributed by atoms with Crippen LogP contribution >= 0.6 is 0 Å². The fourth-order valence-corrected chi connectivity index (χ4v) is 4.98. The molecule has 1 aliphatic heterocycles. The maximum atomic E-state index is 13.7. The number of esters is 1. The average molecular weight is 724 g/mol. The fourth-order valence-electron chi connectivity index (χ4n) is 4.98. The lowest BCUT2D eigenvalue weighted by Gasteiger charge is -2.32. The first-order valence-corrected chi connectivity index (χ1v) is 17.3. The number of ketones is 1. The van der Waals surface area contributed by atoms with Crippen molar-refractivity contribution in [2.45, 2.75) is 91.3 Å². The molecule has 8 N–H and O–H groups in total. The second-order valence-electron chi connectivity index (χ2n) is 13.3. The van der Waals surface area contributed by atoms with Crippen LogP contribution in [0.4, 0.5) is 0 Å². The van der Waals surface area contributed by atoms with Gasteiger partial charge in [-0.25, -0.2) is 0 Å². The molecular formula is C33H57N9O9. The number of ether oxygens (including phenoxy) is 2. The molecule has 0 spiro atoms. The minimum atomic E-state index is -1.62. The Morgan fingerprint density at radius 1 is 0.843 bits per heavy atom. The average Bonchev–Trinajstić information content (AvgIpc) is 3.08. The van der Waals surface area contributed by atoms with Crippen LogP contribution in [0.2, 0.25) is 0 Å². The van der Waals surface area contributed by atoms with Crippen LogP contribution in [0.3, 0.4) is 0 Å². The van der Waals surface area contributed by atoms with Crippen LogP contribution in [0.15, 0.2) is 5.10 Å². The van der Waals surface area contributed by atoms with Crippen LogP contribution in [-0.2, 0) is 43.0 Å². The summed E-state index contributed by atoms with van der Waals surface area (Å²) >= 11 is 0. The van der Waals surface area contributed by atoms with Gasteiger partial charge in [0.05, 0.1) is 57.6 Å². The quantitative estimate of drug-likeness (QED) is 0.0284. The van der Waals surface area contributed by atoms with Gasteiger partial charge in [0.25, 0.3) is 0 Å². The molecule has 0 radical (unpaired) electrons. The molecule has 18 nitrogen and oxygen atoms in total. The summed E-state index contributed by atoms with van der Waals surface area (Å²) in [4.78, 5) is 91.4. The molecule has 0 aliphatic carbocycles. The van der Waals surface area contributed by atoms with Crippen molar-refractivity contribution in [2.75, 3.05) is 52.5 Å². The van der Waals surface area contributed by atoms with Gasteiger partial charge in [-0.05, 0) is 38.0 Å². The third-order valence-corrected chi connectivity index (χ3v) is 7.95. The van der Waals surface area contributed by atoms with Gasteiger partial charge in [-0.2, -0.15) is 5.10 Å². The zero-order valence-electron chi connectivity index (χ0n) is 30.7. The van der Waals surface area contributed by atoms with Crippen LogP contribution in [0, 0.1) is 17.2 Å². The fraction of sp³-hybridized carbons (Fsp3) is 0.727. The van der Waals surface area contributed by atoms with Gasteiger partial charge >= 0.3 is 5.97 Å². The van der Waals surface area contributed by atoms with E-state index in [0.29, 0.717) is 26.3 Å². The summed E-state index contributed by atoms with van der Waals surface area (Å²) in [6.07, 6.45) is 0.896. The van der Waals surface area contributed by atoms with Gasteiger partial charge in [0, 0.05) is 25.7 Å². The molecule has 1 rings (SSSR count). The highest BCUT2D eigenvalue weighted by Gasteiger charge is 2.41. The predicted octanol–water partition coefficient (Wildman–Crippen LogP) is -1.25. The molecule has 51 heavy (non-hydrogen) atoms. The monoisotopic (exact) mass is 723 g/mol. The summed E-state index contributed by atoms with van der Waals surface area (Å²) in [7, 11) is 0. The molecule has 18 heteroatoms. The van der Waals surface area contributed by atoms with Gasteiger partial charge in [-0.15, -0.1) is 0 Å². The van der Waals surface area contributed by atoms with Gasteiger partial charge in [0.2, 0.25) is 29.5 Å². The number of rotatable bonds is 23. The molecule has 1 saturated heterocycles. The second kappa shape index (κ2) is 23.1. The highest BCUT2D eigenvalue weighted by Crippen LogP contribution is 2.22. The molecule has 0 aromatic rings. The number of carbonyl (C=O) groups excluding carboxylic acids is 7. The molecule has 0 saturated carbocycles. The van der Waals surface area contributed by atoms with Gasteiger partial charge in [0.1, 0.15) is 6.04 Å². The highest BCUT2D eigenvalue weighted by molar-refractivity contribution is 6.30. The number of hydrogen-bond donors (Lipinski definition) is 7. The molecule has 5 amide bonds. The Morgan fingerprint density at radius 2 is 1.39 bits per heavy atom. The van der Waals surface area contributed by atoms with Crippen molar-refractivity contribution < 1.29 is 43.0 Å². The lowest BCUT2D eigenvalue weighted by molar-refractivity contribution is -0.167. The van der Waals surface area contributed by atoms with E-state index in [1.165, 1.54) is 6.92 Å². The van der Waals surface area contributed by atoms with E-state index in [1.54, 1.807) is 6.92 Å². The Labute approximate surface area is 299 Å². The molecule has 0 aromatic heterocycles. The van der Waals surface area contributed by atoms with Crippen LogP contribution in [0.25, 0.3) is 0 Å². The Morgan fingerprint density at radius 3 is 1.94 bits per heavy atom. The predicted molar refractivity (Wildman–Crippen MR) is 188 cm³/mol. The van der Waals surface area contributed by atoms with Crippen molar-refractivity contribution in [3.63, 3.8) is 0 Å². The minimum Gasteiger partial charge on any atom is -0.451 e. The number of nitrogens with two attached hydrogens (primary N) is 1. The zero-order valence-corrected chi connectivity index (χ0v) is 30.7. The molecule has 3 atom stereocenters. The van der Waals surface area contributed by atoms with Crippen molar-refractivity contribution in [2.24, 2.45) is 22.8 Å². The van der Waals surface area contributed by atoms with Crippen molar-refractivity contribution in [3.8, 4) is 0 Å². The van der Waals surface area contributed by atoms with E-state index >= 15 is 0 Å². The van der Waals surface area contributed by atoms with Gasteiger partial charge in [-0.1, -0.05) is 34.6 Å². The molecular weight excluding hydrogens is 666 g/mol. The first-order valence-electron chi connectivity index (χ1n) is 17.3. The number of hydrazone groups is 1. The molecule has 1 aliphatic rings. The number of amides is 5. The van der Waals surface area contributed by atoms with Crippen molar-refractivity contribution in [1.29, 1.82) is 5.41 Å². The zero-order chi connectivity index (χ0) is 38.6. The number of nitrogens with one attached hydrogen (secondary N) is 6. The molecule has 288 valence electrons. The third kappa shape index (κ3) is 17.9. The first-order chi connectivity index (χ1) is 24.0. The minimum absolute atomic E-state index is 0.00785. The Balaban J connectivity index is 2.77. The summed E-state index contributed by atoms with van der Waals surface area (Å²) in [6, 6.07) is -2.04. The third-order valence-electron chi connectivity index (χ3n) is 7.95. The van der Waals surface area contributed by atoms with E-state index in [2.05, 4.69) is 31.7 Å². The summed E-state index contributed by atoms with van der Waals surface area (Å²) in [5.74, 6) is 1.05. The first kappa shape index (κ1) is 44.6. The Hall–Kier alpha value is -4.45. The van der Waals surface area contributed by atoms with Crippen LogP contribution in [0.5, 0.6) is 0 Å². The lowest BCUT2D eigenvalue weighted by atomic mass is 9.88. The Kier molecular flexibility index (Phi) is 20.2. The standard InChI is InChI=1S/C33H57N9O9/c1-7-33(6,51-30(47)9-8-26(43)36-17-23(16-34)41-35)31(48)24(14-21(2)3)39-28(45)19-38-32(49)25(15-22(4)5)40-27(44)18-37-29(46)20-42-10-12-50-13-11-42/h16,21-22,24-25,34H,7-15,17-20,35H2,1-6H3,(H,36,43)(H,37,46)(H,38,49)(H,39,45)(H,40,44)/t24-,25-,33+/m0/s1. The van der Waals surface area contributed by atoms with Crippen molar-refractivity contribution in [1.82, 2.24) is 31.5 Å². The summed E-state index contributed by atoms with van der Waals surface area (Å²) in [6.45, 7) is 12.0. The number of Topliss-reactive ketones (excluding diaryl/α,β-unsaturated/α-hetero) is 1. The smallest absolute Gasteiger partial charge is 0.307 e. The van der Waals surface area contributed by atoms with Crippen molar-refractivity contribution >= 4 is 53.2 Å². The Bertz CT molecular complexity index is 1250. The molecule has 1 heterocycles. The van der Waals surface area contributed by atoms with Gasteiger partial charge < -0.3 is 47.3 Å². The van der Waals surface area contributed by atoms with E-state index in [1.807, 2.05) is 32.6 Å². The summed E-state index contributed by atoms with van der Waals surface area (Å²) < 4.78 is 10.8. The summed E-state index contributed by atoms with van der Waals surface area (Å²) in [5, 5.41) is 23.3. The van der Waals surface area contributed by atoms with E-state index in [-0.39, 0.29) is 75.2 Å². The largest absolute Gasteiger partial charge is 0.451 e. The highest BCUT2D eigenvalue weighted by atomic mass is 16.6. The number of hydrogen-bond acceptors (Lipinski definition) is 13. The van der Waals surface area contributed by atoms with Gasteiger partial charge in [0.15, 0.2) is 11.4 Å².